The molecule has 114 valence electrons. The molecule has 0 spiro atoms. The molecule has 0 aromatic carbocycles. The van der Waals surface area contributed by atoms with Gasteiger partial charge in [0.25, 0.3) is 0 Å². The molecule has 6 heteroatoms. The first kappa shape index (κ1) is 16.9. The predicted octanol–water partition coefficient (Wildman–Crippen LogP) is 2.19. The molecule has 0 radical (unpaired) electrons. The molecule has 5 nitrogen and oxygen atoms in total. The van der Waals surface area contributed by atoms with Gasteiger partial charge in [0, 0.05) is 31.3 Å². The van der Waals surface area contributed by atoms with Crippen LogP contribution in [0.15, 0.2) is 11.2 Å². The number of methoxy groups -OCH3 is 1. The lowest BCUT2D eigenvalue weighted by molar-refractivity contribution is 0.0268. The van der Waals surface area contributed by atoms with E-state index in [1.165, 1.54) is 4.88 Å². The lowest BCUT2D eigenvalue weighted by Crippen LogP contribution is -2.45. The number of nitrogens with zero attached hydrogens (tertiary/aromatic N) is 2. The monoisotopic (exact) mass is 298 g/mol. The van der Waals surface area contributed by atoms with Crippen LogP contribution in [-0.4, -0.2) is 36.7 Å². The number of rotatable bonds is 7. The molecular formula is C14H26N4OS. The maximum absolute atomic E-state index is 5.39. The fraction of sp³-hybridized carbons (Fsp3) is 0.714. The fourth-order valence-corrected chi connectivity index (χ4v) is 2.23. The van der Waals surface area contributed by atoms with Crippen LogP contribution in [0.2, 0.25) is 0 Å². The third kappa shape index (κ3) is 5.88. The average Bonchev–Trinajstić information content (AvgIpc) is 2.90. The van der Waals surface area contributed by atoms with Gasteiger partial charge in [0.1, 0.15) is 5.01 Å². The fourth-order valence-electron chi connectivity index (χ4n) is 1.44. The summed E-state index contributed by atoms with van der Waals surface area (Å²) in [7, 11) is 1.72. The quantitative estimate of drug-likeness (QED) is 0.598. The first-order valence-electron chi connectivity index (χ1n) is 7.01. The second kappa shape index (κ2) is 8.21. The Hall–Kier alpha value is -1.14. The Kier molecular flexibility index (Phi) is 6.95. The SMILES string of the molecule is CCNC(=NCc1ncc(CC)s1)NCC(C)(C)OC. The Morgan fingerprint density at radius 3 is 2.70 bits per heavy atom. The normalized spacial score (nSPS) is 12.6. The smallest absolute Gasteiger partial charge is 0.191 e. The molecule has 0 atom stereocenters. The molecule has 0 bridgehead atoms. The van der Waals surface area contributed by atoms with E-state index >= 15 is 0 Å². The minimum absolute atomic E-state index is 0.216. The van der Waals surface area contributed by atoms with Crippen molar-refractivity contribution in [2.24, 2.45) is 4.99 Å². The number of aliphatic imine (C=N–C) groups is 1. The van der Waals surface area contributed by atoms with Crippen molar-refractivity contribution in [2.45, 2.75) is 46.3 Å². The zero-order valence-electron chi connectivity index (χ0n) is 13.1. The Balaban J connectivity index is 2.58. The van der Waals surface area contributed by atoms with Crippen molar-refractivity contribution in [2.75, 3.05) is 20.2 Å². The molecule has 0 aliphatic carbocycles. The third-order valence-electron chi connectivity index (χ3n) is 2.90. The molecule has 0 fully saturated rings. The van der Waals surface area contributed by atoms with E-state index in [-0.39, 0.29) is 5.60 Å². The maximum atomic E-state index is 5.39. The van der Waals surface area contributed by atoms with E-state index in [9.17, 15) is 0 Å². The molecule has 1 aromatic heterocycles. The van der Waals surface area contributed by atoms with E-state index < -0.39 is 0 Å². The van der Waals surface area contributed by atoms with Crippen LogP contribution < -0.4 is 10.6 Å². The summed E-state index contributed by atoms with van der Waals surface area (Å²) >= 11 is 1.72. The highest BCUT2D eigenvalue weighted by Crippen LogP contribution is 2.14. The number of ether oxygens (including phenoxy) is 1. The minimum Gasteiger partial charge on any atom is -0.377 e. The van der Waals surface area contributed by atoms with Gasteiger partial charge in [0.15, 0.2) is 5.96 Å². The summed E-state index contributed by atoms with van der Waals surface area (Å²) in [5, 5.41) is 7.57. The van der Waals surface area contributed by atoms with Crippen molar-refractivity contribution in [3.63, 3.8) is 0 Å². The van der Waals surface area contributed by atoms with Gasteiger partial charge in [0.05, 0.1) is 12.1 Å². The number of hydrogen-bond acceptors (Lipinski definition) is 4. The number of hydrogen-bond donors (Lipinski definition) is 2. The topological polar surface area (TPSA) is 58.5 Å². The molecule has 1 aromatic rings. The van der Waals surface area contributed by atoms with Crippen LogP contribution in [0.1, 0.15) is 37.6 Å². The Morgan fingerprint density at radius 2 is 2.15 bits per heavy atom. The van der Waals surface area contributed by atoms with Gasteiger partial charge >= 0.3 is 0 Å². The van der Waals surface area contributed by atoms with E-state index in [1.807, 2.05) is 20.0 Å². The molecule has 20 heavy (non-hydrogen) atoms. The summed E-state index contributed by atoms with van der Waals surface area (Å²) in [6, 6.07) is 0. The van der Waals surface area contributed by atoms with Crippen molar-refractivity contribution < 1.29 is 4.74 Å². The first-order valence-corrected chi connectivity index (χ1v) is 7.83. The number of aryl methyl sites for hydroxylation is 1. The van der Waals surface area contributed by atoms with Crippen molar-refractivity contribution in [3.8, 4) is 0 Å². The molecule has 0 amide bonds. The van der Waals surface area contributed by atoms with Crippen LogP contribution in [-0.2, 0) is 17.7 Å². The molecule has 0 aliphatic heterocycles. The van der Waals surface area contributed by atoms with Gasteiger partial charge in [-0.1, -0.05) is 6.92 Å². The second-order valence-electron chi connectivity index (χ2n) is 5.09. The van der Waals surface area contributed by atoms with E-state index in [4.69, 9.17) is 4.74 Å². The van der Waals surface area contributed by atoms with Gasteiger partial charge in [-0.2, -0.15) is 0 Å². The summed E-state index contributed by atoms with van der Waals surface area (Å²) in [5.74, 6) is 0.797. The predicted molar refractivity (Wildman–Crippen MR) is 85.4 cm³/mol. The summed E-state index contributed by atoms with van der Waals surface area (Å²) in [6.07, 6.45) is 2.96. The van der Waals surface area contributed by atoms with Gasteiger partial charge < -0.3 is 15.4 Å². The number of nitrogens with one attached hydrogen (secondary N) is 2. The Morgan fingerprint density at radius 1 is 1.40 bits per heavy atom. The van der Waals surface area contributed by atoms with Crippen LogP contribution in [0, 0.1) is 0 Å². The van der Waals surface area contributed by atoms with E-state index in [0.717, 1.165) is 23.9 Å². The summed E-state index contributed by atoms with van der Waals surface area (Å²) in [6.45, 7) is 10.4. The highest BCUT2D eigenvalue weighted by molar-refractivity contribution is 7.11. The van der Waals surface area contributed by atoms with Crippen molar-refractivity contribution in [1.29, 1.82) is 0 Å². The van der Waals surface area contributed by atoms with Crippen LogP contribution >= 0.6 is 11.3 Å². The van der Waals surface area contributed by atoms with E-state index in [1.54, 1.807) is 18.4 Å². The highest BCUT2D eigenvalue weighted by atomic mass is 32.1. The lowest BCUT2D eigenvalue weighted by Gasteiger charge is -2.24. The highest BCUT2D eigenvalue weighted by Gasteiger charge is 2.16. The summed E-state index contributed by atoms with van der Waals surface area (Å²) < 4.78 is 5.39. The molecule has 1 heterocycles. The van der Waals surface area contributed by atoms with Crippen LogP contribution in [0.4, 0.5) is 0 Å². The van der Waals surface area contributed by atoms with Gasteiger partial charge in [-0.3, -0.25) is 0 Å². The van der Waals surface area contributed by atoms with Crippen molar-refractivity contribution >= 4 is 17.3 Å². The number of thiazole rings is 1. The van der Waals surface area contributed by atoms with E-state index in [0.29, 0.717) is 13.1 Å². The Bertz CT molecular complexity index is 429. The molecule has 0 aliphatic rings. The largest absolute Gasteiger partial charge is 0.377 e. The van der Waals surface area contributed by atoms with Crippen LogP contribution in [0.3, 0.4) is 0 Å². The summed E-state index contributed by atoms with van der Waals surface area (Å²) in [5.41, 5.74) is -0.216. The second-order valence-corrected chi connectivity index (χ2v) is 6.29. The number of guanidine groups is 1. The third-order valence-corrected chi connectivity index (χ3v) is 4.03. The molecule has 0 saturated carbocycles. The number of aromatic nitrogens is 1. The molecular weight excluding hydrogens is 272 g/mol. The van der Waals surface area contributed by atoms with Gasteiger partial charge in [-0.25, -0.2) is 9.98 Å². The van der Waals surface area contributed by atoms with E-state index in [2.05, 4.69) is 34.5 Å². The van der Waals surface area contributed by atoms with Gasteiger partial charge in [0.2, 0.25) is 0 Å². The standard InChI is InChI=1S/C14H26N4OS/c1-6-11-8-16-12(20-11)9-17-13(15-7-2)18-10-14(3,4)19-5/h8H,6-7,9-10H2,1-5H3,(H2,15,17,18). The van der Waals surface area contributed by atoms with Crippen LogP contribution in [0.5, 0.6) is 0 Å². The maximum Gasteiger partial charge on any atom is 0.191 e. The summed E-state index contributed by atoms with van der Waals surface area (Å²) in [4.78, 5) is 10.2. The molecule has 2 N–H and O–H groups in total. The lowest BCUT2D eigenvalue weighted by atomic mass is 10.1. The molecule has 1 rings (SSSR count). The zero-order chi connectivity index (χ0) is 15.0. The molecule has 0 saturated heterocycles. The van der Waals surface area contributed by atoms with Gasteiger partial charge in [-0.15, -0.1) is 11.3 Å². The van der Waals surface area contributed by atoms with Crippen molar-refractivity contribution in [1.82, 2.24) is 15.6 Å². The average molecular weight is 298 g/mol. The van der Waals surface area contributed by atoms with Crippen LogP contribution in [0.25, 0.3) is 0 Å². The first-order chi connectivity index (χ1) is 9.50. The van der Waals surface area contributed by atoms with Gasteiger partial charge in [-0.05, 0) is 27.2 Å². The minimum atomic E-state index is -0.216. The Labute approximate surface area is 125 Å². The molecule has 0 unspecified atom stereocenters. The van der Waals surface area contributed by atoms with Crippen molar-refractivity contribution in [3.05, 3.63) is 16.1 Å². The zero-order valence-corrected chi connectivity index (χ0v) is 13.9.